The molecule has 5 nitrogen and oxygen atoms in total. The van der Waals surface area contributed by atoms with Gasteiger partial charge in [-0.1, -0.05) is 59.6 Å². The molecule has 31 heavy (non-hydrogen) atoms. The second-order valence-electron chi connectivity index (χ2n) is 6.82. The molecule has 0 atom stereocenters. The van der Waals surface area contributed by atoms with Crippen molar-refractivity contribution in [2.75, 3.05) is 0 Å². The van der Waals surface area contributed by atoms with Gasteiger partial charge in [-0.05, 0) is 35.9 Å². The average Bonchev–Trinajstić information content (AvgIpc) is 3.11. The first-order valence-corrected chi connectivity index (χ1v) is 10.2. The summed E-state index contributed by atoms with van der Waals surface area (Å²) in [6, 6.07) is 22.3. The zero-order valence-electron chi connectivity index (χ0n) is 16.2. The Morgan fingerprint density at radius 3 is 2.68 bits per heavy atom. The lowest BCUT2D eigenvalue weighted by atomic mass is 10.1. The van der Waals surface area contributed by atoms with E-state index < -0.39 is 5.91 Å². The van der Waals surface area contributed by atoms with Gasteiger partial charge in [-0.3, -0.25) is 4.79 Å². The molecule has 0 spiro atoms. The lowest BCUT2D eigenvalue weighted by Gasteiger charge is -2.07. The van der Waals surface area contributed by atoms with Gasteiger partial charge < -0.3 is 4.57 Å². The largest absolute Gasteiger partial charge is 0.342 e. The van der Waals surface area contributed by atoms with E-state index in [1.165, 1.54) is 6.07 Å². The van der Waals surface area contributed by atoms with Crippen LogP contribution in [-0.4, -0.2) is 16.7 Å². The van der Waals surface area contributed by atoms with Crippen molar-refractivity contribution in [3.8, 4) is 6.07 Å². The van der Waals surface area contributed by atoms with Crippen molar-refractivity contribution in [2.24, 2.45) is 5.10 Å². The van der Waals surface area contributed by atoms with Gasteiger partial charge in [0.15, 0.2) is 0 Å². The van der Waals surface area contributed by atoms with Crippen LogP contribution in [0.1, 0.15) is 27.0 Å². The summed E-state index contributed by atoms with van der Waals surface area (Å²) < 4.78 is 2.06. The third kappa shape index (κ3) is 4.46. The number of nitrogens with one attached hydrogen (secondary N) is 1. The van der Waals surface area contributed by atoms with Crippen molar-refractivity contribution in [1.29, 1.82) is 5.26 Å². The molecule has 1 aromatic heterocycles. The van der Waals surface area contributed by atoms with Gasteiger partial charge in [0.05, 0.1) is 28.4 Å². The molecule has 3 aromatic carbocycles. The number of nitriles is 1. The minimum absolute atomic E-state index is 0.257. The molecule has 0 radical (unpaired) electrons. The third-order valence-electron chi connectivity index (χ3n) is 4.84. The fourth-order valence-corrected chi connectivity index (χ4v) is 3.85. The zero-order chi connectivity index (χ0) is 21.8. The van der Waals surface area contributed by atoms with Crippen LogP contribution < -0.4 is 5.43 Å². The Morgan fingerprint density at radius 2 is 1.87 bits per heavy atom. The molecule has 7 heteroatoms. The highest BCUT2D eigenvalue weighted by Crippen LogP contribution is 2.23. The number of fused-ring (bicyclic) bond motifs is 1. The first-order chi connectivity index (χ1) is 15.1. The number of benzene rings is 3. The summed E-state index contributed by atoms with van der Waals surface area (Å²) in [5.41, 5.74) is 6.21. The molecule has 1 N–H and O–H groups in total. The average molecular weight is 447 g/mol. The SMILES string of the molecule is N#Cc1ccccc1Cn1cc(/C=N/NC(=O)c2ccc(Cl)cc2Cl)c2ccccc21. The van der Waals surface area contributed by atoms with Gasteiger partial charge in [0.1, 0.15) is 0 Å². The minimum atomic E-state index is -0.426. The van der Waals surface area contributed by atoms with Crippen molar-refractivity contribution < 1.29 is 4.79 Å². The van der Waals surface area contributed by atoms with Gasteiger partial charge in [-0.15, -0.1) is 0 Å². The molecule has 4 rings (SSSR count). The van der Waals surface area contributed by atoms with E-state index in [1.807, 2.05) is 48.7 Å². The number of aromatic nitrogens is 1. The maximum Gasteiger partial charge on any atom is 0.272 e. The van der Waals surface area contributed by atoms with E-state index in [4.69, 9.17) is 23.2 Å². The number of para-hydroxylation sites is 1. The predicted molar refractivity (Wildman–Crippen MR) is 124 cm³/mol. The van der Waals surface area contributed by atoms with Crippen LogP contribution in [0.5, 0.6) is 0 Å². The number of nitrogens with zero attached hydrogens (tertiary/aromatic N) is 3. The lowest BCUT2D eigenvalue weighted by Crippen LogP contribution is -2.18. The normalized spacial score (nSPS) is 11.0. The minimum Gasteiger partial charge on any atom is -0.342 e. The van der Waals surface area contributed by atoms with Crippen molar-refractivity contribution in [1.82, 2.24) is 9.99 Å². The van der Waals surface area contributed by atoms with Crippen LogP contribution in [0.2, 0.25) is 10.0 Å². The van der Waals surface area contributed by atoms with Gasteiger partial charge in [0, 0.05) is 34.2 Å². The summed E-state index contributed by atoms with van der Waals surface area (Å²) in [5, 5.41) is 15.2. The lowest BCUT2D eigenvalue weighted by molar-refractivity contribution is 0.0955. The number of rotatable bonds is 5. The number of carbonyl (C=O) groups is 1. The molecule has 0 aliphatic heterocycles. The van der Waals surface area contributed by atoms with E-state index in [0.717, 1.165) is 22.0 Å². The van der Waals surface area contributed by atoms with Crippen molar-refractivity contribution >= 4 is 46.2 Å². The highest BCUT2D eigenvalue weighted by Gasteiger charge is 2.11. The molecule has 0 unspecified atom stereocenters. The summed E-state index contributed by atoms with van der Waals surface area (Å²) in [6.45, 7) is 0.546. The Morgan fingerprint density at radius 1 is 1.10 bits per heavy atom. The van der Waals surface area contributed by atoms with Crippen LogP contribution in [0.25, 0.3) is 10.9 Å². The molecule has 0 bridgehead atoms. The molecular weight excluding hydrogens is 431 g/mol. The Kier molecular flexibility index (Phi) is 6.03. The van der Waals surface area contributed by atoms with E-state index in [9.17, 15) is 10.1 Å². The van der Waals surface area contributed by atoms with E-state index in [2.05, 4.69) is 21.2 Å². The second kappa shape index (κ2) is 9.05. The van der Waals surface area contributed by atoms with Gasteiger partial charge in [0.25, 0.3) is 5.91 Å². The monoisotopic (exact) mass is 446 g/mol. The third-order valence-corrected chi connectivity index (χ3v) is 5.39. The quantitative estimate of drug-likeness (QED) is 0.318. The number of amides is 1. The maximum atomic E-state index is 12.4. The Hall–Kier alpha value is -3.59. The standard InChI is InChI=1S/C24H16Cl2N4O/c25-19-9-10-21(22(26)11-19)24(31)29-28-13-18-15-30(23-8-4-3-7-20(18)23)14-17-6-2-1-5-16(17)12-27/h1-11,13,15H,14H2,(H,29,31)/b28-13+. The molecule has 1 amide bonds. The molecule has 152 valence electrons. The Labute approximate surface area is 189 Å². The van der Waals surface area contributed by atoms with Crippen LogP contribution in [0, 0.1) is 11.3 Å². The predicted octanol–water partition coefficient (Wildman–Crippen LogP) is 5.63. The summed E-state index contributed by atoms with van der Waals surface area (Å²) in [6.07, 6.45) is 3.54. The highest BCUT2D eigenvalue weighted by molar-refractivity contribution is 6.36. The van der Waals surface area contributed by atoms with Gasteiger partial charge in [-0.2, -0.15) is 10.4 Å². The smallest absolute Gasteiger partial charge is 0.272 e. The van der Waals surface area contributed by atoms with Crippen LogP contribution in [0.3, 0.4) is 0 Å². The number of hydrogen-bond acceptors (Lipinski definition) is 3. The maximum absolute atomic E-state index is 12.4. The van der Waals surface area contributed by atoms with Gasteiger partial charge >= 0.3 is 0 Å². The number of hydrazone groups is 1. The number of carbonyl (C=O) groups excluding carboxylic acids is 1. The summed E-state index contributed by atoms with van der Waals surface area (Å²) >= 11 is 12.0. The van der Waals surface area contributed by atoms with E-state index in [0.29, 0.717) is 22.7 Å². The summed E-state index contributed by atoms with van der Waals surface area (Å²) in [7, 11) is 0. The van der Waals surface area contributed by atoms with Crippen LogP contribution in [0.4, 0.5) is 0 Å². The highest BCUT2D eigenvalue weighted by atomic mass is 35.5. The topological polar surface area (TPSA) is 70.2 Å². The zero-order valence-corrected chi connectivity index (χ0v) is 17.7. The van der Waals surface area contributed by atoms with E-state index in [1.54, 1.807) is 24.4 Å². The number of hydrogen-bond donors (Lipinski definition) is 1. The molecule has 0 saturated heterocycles. The molecule has 0 fully saturated rings. The van der Waals surface area contributed by atoms with Crippen LogP contribution >= 0.6 is 23.2 Å². The Bertz CT molecular complexity index is 1350. The molecule has 0 saturated carbocycles. The molecule has 1 heterocycles. The van der Waals surface area contributed by atoms with Crippen molar-refractivity contribution in [2.45, 2.75) is 6.54 Å². The fraction of sp³-hybridized carbons (Fsp3) is 0.0417. The van der Waals surface area contributed by atoms with Crippen molar-refractivity contribution in [3.05, 3.63) is 105 Å². The molecule has 0 aliphatic carbocycles. The molecular formula is C24H16Cl2N4O. The summed E-state index contributed by atoms with van der Waals surface area (Å²) in [4.78, 5) is 12.4. The molecule has 0 aliphatic rings. The fourth-order valence-electron chi connectivity index (χ4n) is 3.35. The number of halogens is 2. The van der Waals surface area contributed by atoms with Crippen LogP contribution in [0.15, 0.2) is 78.0 Å². The van der Waals surface area contributed by atoms with Crippen molar-refractivity contribution in [3.63, 3.8) is 0 Å². The van der Waals surface area contributed by atoms with Crippen LogP contribution in [-0.2, 0) is 6.54 Å². The van der Waals surface area contributed by atoms with E-state index in [-0.39, 0.29) is 5.02 Å². The van der Waals surface area contributed by atoms with Gasteiger partial charge in [-0.25, -0.2) is 5.43 Å². The first-order valence-electron chi connectivity index (χ1n) is 9.41. The summed E-state index contributed by atoms with van der Waals surface area (Å²) in [5.74, 6) is -0.426. The molecule has 4 aromatic rings. The van der Waals surface area contributed by atoms with E-state index >= 15 is 0 Å². The Balaban J connectivity index is 1.60. The van der Waals surface area contributed by atoms with Gasteiger partial charge in [0.2, 0.25) is 0 Å². The second-order valence-corrected chi connectivity index (χ2v) is 7.67. The first kappa shape index (κ1) is 20.7.